The van der Waals surface area contributed by atoms with Crippen LogP contribution in [0.2, 0.25) is 0 Å². The van der Waals surface area contributed by atoms with E-state index < -0.39 is 5.91 Å². The summed E-state index contributed by atoms with van der Waals surface area (Å²) >= 11 is 0. The molecule has 2 aromatic heterocycles. The van der Waals surface area contributed by atoms with Gasteiger partial charge in [-0.3, -0.25) is 4.79 Å². The largest absolute Gasteiger partial charge is 0.497 e. The number of amides is 1. The van der Waals surface area contributed by atoms with Gasteiger partial charge in [-0.2, -0.15) is 0 Å². The Balaban J connectivity index is 1.64. The summed E-state index contributed by atoms with van der Waals surface area (Å²) in [5, 5.41) is 9.36. The number of hydrogen-bond donors (Lipinski definition) is 2. The molecule has 2 N–H and O–H groups in total. The second kappa shape index (κ2) is 6.78. The van der Waals surface area contributed by atoms with Gasteiger partial charge in [0.05, 0.1) is 19.5 Å². The molecule has 24 heavy (non-hydrogen) atoms. The van der Waals surface area contributed by atoms with Crippen molar-refractivity contribution in [3.8, 4) is 5.75 Å². The number of nitrogens with zero attached hydrogens (tertiary/aromatic N) is 3. The highest BCUT2D eigenvalue weighted by atomic mass is 16.5. The van der Waals surface area contributed by atoms with Crippen molar-refractivity contribution in [3.05, 3.63) is 54.2 Å². The van der Waals surface area contributed by atoms with Gasteiger partial charge in [-0.15, -0.1) is 0 Å². The van der Waals surface area contributed by atoms with Crippen LogP contribution in [0.1, 0.15) is 16.2 Å². The summed E-state index contributed by atoms with van der Waals surface area (Å²) in [6.45, 7) is 1.74. The van der Waals surface area contributed by atoms with Crippen molar-refractivity contribution in [1.82, 2.24) is 15.1 Å². The molecule has 0 aliphatic carbocycles. The molecular formula is C16H15N5O3. The van der Waals surface area contributed by atoms with E-state index in [1.54, 1.807) is 20.1 Å². The monoisotopic (exact) mass is 325 g/mol. The Kier molecular flexibility index (Phi) is 4.37. The first-order valence-corrected chi connectivity index (χ1v) is 7.12. The predicted octanol–water partition coefficient (Wildman–Crippen LogP) is 2.78. The van der Waals surface area contributed by atoms with E-state index in [0.717, 1.165) is 11.4 Å². The lowest BCUT2D eigenvalue weighted by Gasteiger charge is -2.07. The summed E-state index contributed by atoms with van der Waals surface area (Å²) in [5.41, 5.74) is 1.01. The standard InChI is InChI=1S/C16H15N5O3/c1-10-7-14(21-24-10)20-16(22)13-8-18-15(9-17-13)19-11-3-5-12(23-2)6-4-11/h3-9H,1-2H3,(H,18,19)(H,20,21,22). The van der Waals surface area contributed by atoms with Gasteiger partial charge in [0.15, 0.2) is 5.82 Å². The van der Waals surface area contributed by atoms with Gasteiger partial charge in [-0.05, 0) is 31.2 Å². The van der Waals surface area contributed by atoms with Gasteiger partial charge < -0.3 is 19.9 Å². The minimum absolute atomic E-state index is 0.177. The Morgan fingerprint density at radius 1 is 1.12 bits per heavy atom. The van der Waals surface area contributed by atoms with E-state index in [9.17, 15) is 4.79 Å². The quantitative estimate of drug-likeness (QED) is 0.743. The molecular weight excluding hydrogens is 310 g/mol. The van der Waals surface area contributed by atoms with Crippen molar-refractivity contribution in [3.63, 3.8) is 0 Å². The van der Waals surface area contributed by atoms with E-state index in [1.165, 1.54) is 12.4 Å². The van der Waals surface area contributed by atoms with Crippen LogP contribution in [0.4, 0.5) is 17.3 Å². The number of anilines is 3. The molecule has 3 rings (SSSR count). The van der Waals surface area contributed by atoms with Gasteiger partial charge in [0.1, 0.15) is 23.0 Å². The minimum Gasteiger partial charge on any atom is -0.497 e. The molecule has 0 radical (unpaired) electrons. The van der Waals surface area contributed by atoms with Crippen molar-refractivity contribution in [1.29, 1.82) is 0 Å². The average Bonchev–Trinajstić information content (AvgIpc) is 3.01. The smallest absolute Gasteiger partial charge is 0.277 e. The first-order chi connectivity index (χ1) is 11.6. The van der Waals surface area contributed by atoms with E-state index in [-0.39, 0.29) is 5.69 Å². The number of aromatic nitrogens is 3. The lowest BCUT2D eigenvalue weighted by Crippen LogP contribution is -2.14. The molecule has 0 saturated heterocycles. The van der Waals surface area contributed by atoms with Crippen LogP contribution in [-0.2, 0) is 0 Å². The third kappa shape index (κ3) is 3.67. The highest BCUT2D eigenvalue weighted by molar-refractivity contribution is 6.02. The van der Waals surface area contributed by atoms with E-state index >= 15 is 0 Å². The molecule has 0 aliphatic rings. The highest BCUT2D eigenvalue weighted by Crippen LogP contribution is 2.18. The summed E-state index contributed by atoms with van der Waals surface area (Å²) in [5.74, 6) is 1.82. The Labute approximate surface area is 137 Å². The van der Waals surface area contributed by atoms with Crippen LogP contribution in [-0.4, -0.2) is 28.1 Å². The summed E-state index contributed by atoms with van der Waals surface area (Å²) < 4.78 is 9.98. The SMILES string of the molecule is COc1ccc(Nc2cnc(C(=O)Nc3cc(C)on3)cn2)cc1. The maximum Gasteiger partial charge on any atom is 0.277 e. The molecule has 0 aliphatic heterocycles. The lowest BCUT2D eigenvalue weighted by atomic mass is 10.3. The molecule has 122 valence electrons. The van der Waals surface area contributed by atoms with Crippen molar-refractivity contribution in [2.24, 2.45) is 0 Å². The van der Waals surface area contributed by atoms with Crippen molar-refractivity contribution < 1.29 is 14.1 Å². The number of aryl methyl sites for hydroxylation is 1. The summed E-state index contributed by atoms with van der Waals surface area (Å²) in [6.07, 6.45) is 2.86. The summed E-state index contributed by atoms with van der Waals surface area (Å²) in [6, 6.07) is 8.99. The van der Waals surface area contributed by atoms with Crippen LogP contribution in [0.25, 0.3) is 0 Å². The molecule has 0 atom stereocenters. The molecule has 0 fully saturated rings. The van der Waals surface area contributed by atoms with Gasteiger partial charge in [0, 0.05) is 11.8 Å². The van der Waals surface area contributed by atoms with Crippen molar-refractivity contribution >= 4 is 23.2 Å². The van der Waals surface area contributed by atoms with E-state index in [4.69, 9.17) is 9.26 Å². The zero-order valence-corrected chi connectivity index (χ0v) is 13.1. The number of carbonyl (C=O) groups excluding carboxylic acids is 1. The van der Waals surface area contributed by atoms with Crippen LogP contribution < -0.4 is 15.4 Å². The molecule has 8 nitrogen and oxygen atoms in total. The fraction of sp³-hybridized carbons (Fsp3) is 0.125. The first-order valence-electron chi connectivity index (χ1n) is 7.12. The number of carbonyl (C=O) groups is 1. The van der Waals surface area contributed by atoms with E-state index in [2.05, 4.69) is 25.8 Å². The molecule has 1 aromatic carbocycles. The van der Waals surface area contributed by atoms with Gasteiger partial charge >= 0.3 is 0 Å². The molecule has 0 unspecified atom stereocenters. The molecule has 1 amide bonds. The third-order valence-corrected chi connectivity index (χ3v) is 3.12. The Hall–Kier alpha value is -3.42. The normalized spacial score (nSPS) is 10.2. The number of methoxy groups -OCH3 is 1. The first kappa shape index (κ1) is 15.5. The molecule has 8 heteroatoms. The fourth-order valence-electron chi connectivity index (χ4n) is 1.94. The molecule has 0 bridgehead atoms. The van der Waals surface area contributed by atoms with E-state index in [1.807, 2.05) is 24.3 Å². The van der Waals surface area contributed by atoms with Crippen molar-refractivity contribution in [2.75, 3.05) is 17.7 Å². The van der Waals surface area contributed by atoms with Gasteiger partial charge in [-0.25, -0.2) is 9.97 Å². The maximum absolute atomic E-state index is 12.0. The Morgan fingerprint density at radius 2 is 1.92 bits per heavy atom. The number of hydrogen-bond acceptors (Lipinski definition) is 7. The zero-order chi connectivity index (χ0) is 16.9. The maximum atomic E-state index is 12.0. The summed E-state index contributed by atoms with van der Waals surface area (Å²) in [4.78, 5) is 20.3. The van der Waals surface area contributed by atoms with Crippen LogP contribution in [0.15, 0.2) is 47.2 Å². The second-order valence-electron chi connectivity index (χ2n) is 4.92. The molecule has 3 aromatic rings. The third-order valence-electron chi connectivity index (χ3n) is 3.12. The lowest BCUT2D eigenvalue weighted by molar-refractivity contribution is 0.102. The highest BCUT2D eigenvalue weighted by Gasteiger charge is 2.11. The topological polar surface area (TPSA) is 102 Å². The number of nitrogens with one attached hydrogen (secondary N) is 2. The molecule has 0 saturated carbocycles. The van der Waals surface area contributed by atoms with Crippen LogP contribution in [0, 0.1) is 6.92 Å². The average molecular weight is 325 g/mol. The predicted molar refractivity (Wildman–Crippen MR) is 87.5 cm³/mol. The van der Waals surface area contributed by atoms with Crippen LogP contribution >= 0.6 is 0 Å². The number of ether oxygens (including phenoxy) is 1. The number of rotatable bonds is 5. The molecule has 2 heterocycles. The van der Waals surface area contributed by atoms with Gasteiger partial charge in [0.25, 0.3) is 5.91 Å². The fourth-order valence-corrected chi connectivity index (χ4v) is 1.94. The van der Waals surface area contributed by atoms with Gasteiger partial charge in [-0.1, -0.05) is 5.16 Å². The van der Waals surface area contributed by atoms with Crippen LogP contribution in [0.5, 0.6) is 5.75 Å². The van der Waals surface area contributed by atoms with E-state index in [0.29, 0.717) is 17.4 Å². The zero-order valence-electron chi connectivity index (χ0n) is 13.1. The summed E-state index contributed by atoms with van der Waals surface area (Å²) in [7, 11) is 1.61. The Bertz CT molecular complexity index is 828. The van der Waals surface area contributed by atoms with Crippen molar-refractivity contribution in [2.45, 2.75) is 6.92 Å². The minimum atomic E-state index is -0.410. The number of benzene rings is 1. The van der Waals surface area contributed by atoms with Gasteiger partial charge in [0.2, 0.25) is 0 Å². The second-order valence-corrected chi connectivity index (χ2v) is 4.92. The molecule has 0 spiro atoms. The van der Waals surface area contributed by atoms with Crippen LogP contribution in [0.3, 0.4) is 0 Å². The Morgan fingerprint density at radius 3 is 2.50 bits per heavy atom.